The molecule has 1 aliphatic rings. The molecule has 0 aromatic heterocycles. The van der Waals surface area contributed by atoms with Crippen LogP contribution in [0.4, 0.5) is 0 Å². The van der Waals surface area contributed by atoms with Crippen LogP contribution in [0.1, 0.15) is 37.9 Å². The SMILES string of the molecule is CC(C)=CC=C(C)OC1CN(C(c2ccccc2)c2ccccc2)C1. The van der Waals surface area contributed by atoms with Gasteiger partial charge in [0.2, 0.25) is 0 Å². The van der Waals surface area contributed by atoms with Crippen molar-refractivity contribution in [3.63, 3.8) is 0 Å². The molecule has 0 saturated carbocycles. The first kappa shape index (κ1) is 17.5. The number of ether oxygens (including phenoxy) is 1. The quantitative estimate of drug-likeness (QED) is 0.522. The van der Waals surface area contributed by atoms with Gasteiger partial charge in [-0.25, -0.2) is 0 Å². The second-order valence-corrected chi connectivity index (χ2v) is 6.94. The second-order valence-electron chi connectivity index (χ2n) is 6.94. The molecule has 0 N–H and O–H groups in total. The lowest BCUT2D eigenvalue weighted by Gasteiger charge is -2.44. The molecule has 1 heterocycles. The monoisotopic (exact) mass is 333 g/mol. The largest absolute Gasteiger partial charge is 0.492 e. The summed E-state index contributed by atoms with van der Waals surface area (Å²) in [6.07, 6.45) is 4.43. The number of nitrogens with zero attached hydrogens (tertiary/aromatic N) is 1. The van der Waals surface area contributed by atoms with E-state index in [1.807, 2.05) is 6.92 Å². The minimum atomic E-state index is 0.275. The normalized spacial score (nSPS) is 15.8. The van der Waals surface area contributed by atoms with Gasteiger partial charge in [0.1, 0.15) is 6.10 Å². The van der Waals surface area contributed by atoms with Crippen LogP contribution in [0.25, 0.3) is 0 Å². The molecule has 1 saturated heterocycles. The van der Waals surface area contributed by atoms with Crippen molar-refractivity contribution < 1.29 is 4.74 Å². The molecule has 0 radical (unpaired) electrons. The molecule has 1 aliphatic heterocycles. The molecule has 2 nitrogen and oxygen atoms in total. The van der Waals surface area contributed by atoms with Crippen LogP contribution < -0.4 is 0 Å². The molecule has 2 heteroatoms. The lowest BCUT2D eigenvalue weighted by Crippen LogP contribution is -2.53. The van der Waals surface area contributed by atoms with Crippen LogP contribution in [0.15, 0.2) is 84.1 Å². The van der Waals surface area contributed by atoms with E-state index in [9.17, 15) is 0 Å². The fraction of sp³-hybridized carbons (Fsp3) is 0.304. The van der Waals surface area contributed by atoms with E-state index in [2.05, 4.69) is 91.6 Å². The van der Waals surface area contributed by atoms with Crippen molar-refractivity contribution in [3.8, 4) is 0 Å². The zero-order valence-corrected chi connectivity index (χ0v) is 15.4. The highest BCUT2D eigenvalue weighted by atomic mass is 16.5. The fourth-order valence-electron chi connectivity index (χ4n) is 3.23. The average molecular weight is 333 g/mol. The Labute approximate surface area is 151 Å². The van der Waals surface area contributed by atoms with Gasteiger partial charge in [-0.05, 0) is 38.0 Å². The van der Waals surface area contributed by atoms with E-state index >= 15 is 0 Å². The molecule has 0 amide bonds. The lowest BCUT2D eigenvalue weighted by molar-refractivity contribution is -0.0362. The van der Waals surface area contributed by atoms with Crippen LogP contribution in [-0.4, -0.2) is 24.1 Å². The molecule has 25 heavy (non-hydrogen) atoms. The van der Waals surface area contributed by atoms with E-state index in [0.717, 1.165) is 18.8 Å². The van der Waals surface area contributed by atoms with E-state index in [1.165, 1.54) is 16.7 Å². The predicted molar refractivity (Wildman–Crippen MR) is 104 cm³/mol. The van der Waals surface area contributed by atoms with Crippen molar-refractivity contribution in [2.24, 2.45) is 0 Å². The van der Waals surface area contributed by atoms with Crippen LogP contribution in [0.3, 0.4) is 0 Å². The fourth-order valence-corrected chi connectivity index (χ4v) is 3.23. The van der Waals surface area contributed by atoms with Gasteiger partial charge in [-0.15, -0.1) is 0 Å². The van der Waals surface area contributed by atoms with Crippen LogP contribution in [-0.2, 0) is 4.74 Å². The van der Waals surface area contributed by atoms with Crippen molar-refractivity contribution in [2.45, 2.75) is 32.9 Å². The molecule has 0 unspecified atom stereocenters. The minimum absolute atomic E-state index is 0.275. The summed E-state index contributed by atoms with van der Waals surface area (Å²) in [4.78, 5) is 2.49. The first-order chi connectivity index (χ1) is 12.1. The summed E-state index contributed by atoms with van der Waals surface area (Å²) in [5, 5.41) is 0. The highest BCUT2D eigenvalue weighted by molar-refractivity contribution is 5.32. The smallest absolute Gasteiger partial charge is 0.123 e. The molecule has 0 bridgehead atoms. The number of allylic oxidation sites excluding steroid dienone is 4. The Hall–Kier alpha value is -2.32. The first-order valence-electron chi connectivity index (χ1n) is 8.96. The lowest BCUT2D eigenvalue weighted by atomic mass is 9.94. The minimum Gasteiger partial charge on any atom is -0.492 e. The number of hydrogen-bond donors (Lipinski definition) is 0. The molecule has 0 atom stereocenters. The molecule has 2 aromatic carbocycles. The van der Waals surface area contributed by atoms with Gasteiger partial charge in [-0.2, -0.15) is 0 Å². The highest BCUT2D eigenvalue weighted by Crippen LogP contribution is 2.33. The van der Waals surface area contributed by atoms with E-state index in [1.54, 1.807) is 0 Å². The summed E-state index contributed by atoms with van der Waals surface area (Å²) in [6.45, 7) is 8.13. The van der Waals surface area contributed by atoms with Gasteiger partial charge in [0, 0.05) is 13.1 Å². The van der Waals surface area contributed by atoms with Crippen molar-refractivity contribution >= 4 is 0 Å². The molecule has 1 fully saturated rings. The molecular formula is C23H27NO. The molecule has 130 valence electrons. The second kappa shape index (κ2) is 8.17. The third kappa shape index (κ3) is 4.61. The van der Waals surface area contributed by atoms with E-state index in [0.29, 0.717) is 6.04 Å². The Morgan fingerprint density at radius 3 is 1.88 bits per heavy atom. The maximum Gasteiger partial charge on any atom is 0.123 e. The van der Waals surface area contributed by atoms with Gasteiger partial charge >= 0.3 is 0 Å². The maximum absolute atomic E-state index is 6.06. The van der Waals surface area contributed by atoms with Crippen molar-refractivity contribution in [3.05, 3.63) is 95.3 Å². The molecule has 0 aliphatic carbocycles. The van der Waals surface area contributed by atoms with E-state index in [-0.39, 0.29) is 6.10 Å². The number of benzene rings is 2. The van der Waals surface area contributed by atoms with Crippen LogP contribution in [0, 0.1) is 0 Å². The summed E-state index contributed by atoms with van der Waals surface area (Å²) in [6, 6.07) is 21.8. The van der Waals surface area contributed by atoms with Crippen molar-refractivity contribution in [2.75, 3.05) is 13.1 Å². The topological polar surface area (TPSA) is 12.5 Å². The Bertz CT molecular complexity index is 684. The van der Waals surface area contributed by atoms with Crippen LogP contribution in [0.2, 0.25) is 0 Å². The molecule has 3 rings (SSSR count). The van der Waals surface area contributed by atoms with E-state index in [4.69, 9.17) is 4.74 Å². The van der Waals surface area contributed by atoms with Gasteiger partial charge in [-0.1, -0.05) is 72.3 Å². The van der Waals surface area contributed by atoms with Crippen molar-refractivity contribution in [1.29, 1.82) is 0 Å². The van der Waals surface area contributed by atoms with Gasteiger partial charge in [-0.3, -0.25) is 4.90 Å². The Kier molecular flexibility index (Phi) is 5.72. The summed E-state index contributed by atoms with van der Waals surface area (Å²) < 4.78 is 6.06. The van der Waals surface area contributed by atoms with Gasteiger partial charge in [0.25, 0.3) is 0 Å². The summed E-state index contributed by atoms with van der Waals surface area (Å²) in [5.41, 5.74) is 3.96. The highest BCUT2D eigenvalue weighted by Gasteiger charge is 2.35. The first-order valence-corrected chi connectivity index (χ1v) is 8.96. The maximum atomic E-state index is 6.06. The average Bonchev–Trinajstić information content (AvgIpc) is 2.60. The summed E-state index contributed by atoms with van der Waals surface area (Å²) >= 11 is 0. The number of likely N-dealkylation sites (tertiary alicyclic amines) is 1. The van der Waals surface area contributed by atoms with Gasteiger partial charge < -0.3 is 4.74 Å². The molecule has 0 spiro atoms. The Balaban J connectivity index is 1.69. The Morgan fingerprint density at radius 1 is 0.880 bits per heavy atom. The standard InChI is InChI=1S/C23H27NO/c1-18(2)14-15-19(3)25-22-16-24(17-22)23(20-10-6-4-7-11-20)21-12-8-5-9-13-21/h4-15,22-23H,16-17H2,1-3H3. The number of hydrogen-bond acceptors (Lipinski definition) is 2. The third-order valence-corrected chi connectivity index (χ3v) is 4.48. The van der Waals surface area contributed by atoms with Gasteiger partial charge in [0.05, 0.1) is 11.8 Å². The van der Waals surface area contributed by atoms with Gasteiger partial charge in [0.15, 0.2) is 0 Å². The Morgan fingerprint density at radius 2 is 1.40 bits per heavy atom. The molecular weight excluding hydrogens is 306 g/mol. The summed E-state index contributed by atoms with van der Waals surface area (Å²) in [5.74, 6) is 0.988. The van der Waals surface area contributed by atoms with E-state index < -0.39 is 0 Å². The summed E-state index contributed by atoms with van der Waals surface area (Å²) in [7, 11) is 0. The number of rotatable bonds is 6. The zero-order valence-electron chi connectivity index (χ0n) is 15.4. The predicted octanol–water partition coefficient (Wildman–Crippen LogP) is 5.35. The third-order valence-electron chi connectivity index (χ3n) is 4.48. The zero-order chi connectivity index (χ0) is 17.6. The van der Waals surface area contributed by atoms with Crippen molar-refractivity contribution in [1.82, 2.24) is 4.90 Å². The van der Waals surface area contributed by atoms with Crippen LogP contribution >= 0.6 is 0 Å². The van der Waals surface area contributed by atoms with Crippen LogP contribution in [0.5, 0.6) is 0 Å². The molecule has 2 aromatic rings.